The number of carbonyl (C=O) groups is 5. The number of fused-ring (bicyclic) bond motifs is 2. The Bertz CT molecular complexity index is 2500. The number of rotatable bonds is 15. The van der Waals surface area contributed by atoms with E-state index in [9.17, 15) is 24.0 Å². The number of piperidine rings is 1. The van der Waals surface area contributed by atoms with Crippen LogP contribution < -0.4 is 31.2 Å². The fourth-order valence-corrected chi connectivity index (χ4v) is 10.3. The van der Waals surface area contributed by atoms with Crippen molar-refractivity contribution < 1.29 is 42.2 Å². The number of amides is 5. The second-order valence-corrected chi connectivity index (χ2v) is 17.7. The molecule has 4 aromatic carbocycles. The van der Waals surface area contributed by atoms with E-state index in [1.807, 2.05) is 49.4 Å². The summed E-state index contributed by atoms with van der Waals surface area (Å²) in [6, 6.07) is 18.5. The molecule has 64 heavy (non-hydrogen) atoms. The number of aryl methyl sites for hydroxylation is 1. The summed E-state index contributed by atoms with van der Waals surface area (Å²) in [5.41, 5.74) is 8.05. The molecule has 8 rings (SSSR count). The molecular formula is C49H52ClF2N5O7. The van der Waals surface area contributed by atoms with E-state index in [1.165, 1.54) is 25.3 Å². The van der Waals surface area contributed by atoms with Crippen molar-refractivity contribution in [2.75, 3.05) is 20.2 Å². The average Bonchev–Trinajstić information content (AvgIpc) is 3.77. The Balaban J connectivity index is 0.856. The summed E-state index contributed by atoms with van der Waals surface area (Å²) in [4.78, 5) is 64.8. The predicted molar refractivity (Wildman–Crippen MR) is 236 cm³/mol. The van der Waals surface area contributed by atoms with Crippen LogP contribution in [-0.2, 0) is 33.0 Å². The van der Waals surface area contributed by atoms with E-state index in [0.29, 0.717) is 50.0 Å². The number of unbranched alkanes of at least 4 members (excludes halogenated alkanes) is 2. The minimum Gasteiger partial charge on any atom is -0.494 e. The summed E-state index contributed by atoms with van der Waals surface area (Å²) in [5, 5.41) is 8.81. The molecule has 2 fully saturated rings. The maximum absolute atomic E-state index is 16.2. The number of ether oxygens (including phenoxy) is 2. The van der Waals surface area contributed by atoms with Gasteiger partial charge in [0, 0.05) is 72.3 Å². The van der Waals surface area contributed by atoms with E-state index in [-0.39, 0.29) is 69.3 Å². The molecule has 3 aliphatic heterocycles. The van der Waals surface area contributed by atoms with Gasteiger partial charge in [-0.1, -0.05) is 67.4 Å². The zero-order valence-corrected chi connectivity index (χ0v) is 36.6. The number of nitrogens with zero attached hydrogens (tertiary/aromatic N) is 1. The monoisotopic (exact) mass is 895 g/mol. The van der Waals surface area contributed by atoms with Crippen LogP contribution in [0.1, 0.15) is 114 Å². The third kappa shape index (κ3) is 8.45. The molecule has 0 aromatic heterocycles. The van der Waals surface area contributed by atoms with Crippen LogP contribution in [0.4, 0.5) is 8.78 Å². The topological polar surface area (TPSA) is 169 Å². The predicted octanol–water partition coefficient (Wildman–Crippen LogP) is 7.22. The first-order valence-corrected chi connectivity index (χ1v) is 22.4. The summed E-state index contributed by atoms with van der Waals surface area (Å²) < 4.78 is 43.8. The van der Waals surface area contributed by atoms with Gasteiger partial charge in [0.15, 0.2) is 17.2 Å². The van der Waals surface area contributed by atoms with Crippen molar-refractivity contribution in [3.8, 4) is 22.6 Å². The van der Waals surface area contributed by atoms with Crippen LogP contribution in [0.2, 0.25) is 5.02 Å². The maximum Gasteiger partial charge on any atom is 0.255 e. The van der Waals surface area contributed by atoms with Gasteiger partial charge in [-0.2, -0.15) is 0 Å². The lowest BCUT2D eigenvalue weighted by atomic mass is 9.77. The first kappa shape index (κ1) is 44.7. The third-order valence-electron chi connectivity index (χ3n) is 13.6. The Morgan fingerprint density at radius 2 is 1.73 bits per heavy atom. The first-order valence-electron chi connectivity index (χ1n) is 22.0. The zero-order valence-electron chi connectivity index (χ0n) is 35.9. The second kappa shape index (κ2) is 18.7. The van der Waals surface area contributed by atoms with Crippen molar-refractivity contribution in [3.63, 3.8) is 0 Å². The summed E-state index contributed by atoms with van der Waals surface area (Å²) >= 11 is 6.66. The highest BCUT2D eigenvalue weighted by molar-refractivity contribution is 6.34. The fraction of sp³-hybridized carbons (Fsp3) is 0.408. The largest absolute Gasteiger partial charge is 0.494 e. The highest BCUT2D eigenvalue weighted by Crippen LogP contribution is 2.56. The van der Waals surface area contributed by atoms with E-state index < -0.39 is 41.0 Å². The van der Waals surface area contributed by atoms with Crippen molar-refractivity contribution in [1.29, 1.82) is 0 Å². The minimum absolute atomic E-state index is 0.0177. The van der Waals surface area contributed by atoms with Crippen LogP contribution in [0, 0.1) is 17.6 Å². The molecule has 15 heteroatoms. The minimum atomic E-state index is -1.08. The van der Waals surface area contributed by atoms with E-state index in [2.05, 4.69) is 16.0 Å². The van der Waals surface area contributed by atoms with E-state index >= 15 is 8.78 Å². The van der Waals surface area contributed by atoms with Gasteiger partial charge >= 0.3 is 0 Å². The van der Waals surface area contributed by atoms with Crippen LogP contribution in [0.5, 0.6) is 11.5 Å². The SMILES string of the molecule is COc1ccc(C(N)=O)c(-c2c(Cl)c(F)cc3c2[C@H](C)[C@@](CNC2CCC(C(=O)NCCCCCc4cccc5c4CN(C4CCC(=O)NC4=O)C5=O)CC2)(c2ccccc2)O3)c1F. The van der Waals surface area contributed by atoms with Crippen molar-refractivity contribution in [1.82, 2.24) is 20.9 Å². The lowest BCUT2D eigenvalue weighted by molar-refractivity contribution is -0.137. The van der Waals surface area contributed by atoms with Crippen LogP contribution in [0.3, 0.4) is 0 Å². The summed E-state index contributed by atoms with van der Waals surface area (Å²) in [6.07, 6.45) is 6.78. The molecule has 5 N–H and O–H groups in total. The molecule has 0 bridgehead atoms. The van der Waals surface area contributed by atoms with Gasteiger partial charge in [-0.25, -0.2) is 8.78 Å². The van der Waals surface area contributed by atoms with E-state index in [0.717, 1.165) is 55.2 Å². The van der Waals surface area contributed by atoms with Crippen LogP contribution in [-0.4, -0.2) is 66.7 Å². The van der Waals surface area contributed by atoms with Gasteiger partial charge in [-0.05, 0) is 86.3 Å². The Hall–Kier alpha value is -5.86. The highest BCUT2D eigenvalue weighted by Gasteiger charge is 2.50. The smallest absolute Gasteiger partial charge is 0.255 e. The van der Waals surface area contributed by atoms with Gasteiger partial charge in [0.25, 0.3) is 5.91 Å². The number of nitrogens with one attached hydrogen (secondary N) is 3. The lowest BCUT2D eigenvalue weighted by Crippen LogP contribution is -2.52. The van der Waals surface area contributed by atoms with Crippen molar-refractivity contribution in [2.45, 2.75) is 101 Å². The molecule has 1 aliphatic carbocycles. The van der Waals surface area contributed by atoms with Crippen molar-refractivity contribution in [3.05, 3.63) is 117 Å². The molecule has 5 amide bonds. The number of methoxy groups -OCH3 is 1. The standard InChI is InChI=1S/C49H52ClF2N5O7/c1-27-40-38(24-35(51)43(50)42(40)41-33(45(53)59)19-21-37(63-2)44(41)52)64-49(27,30-12-6-3-7-13-30)26-55-31-17-15-29(16-18-31)46(60)54-23-8-4-5-10-28-11-9-14-32-34(28)25-57(48(32)62)36-20-22-39(58)56-47(36)61/h3,6-7,9,11-14,19,21,24,27,29,31,36,55H,4-5,8,10,15-18,20,22-23,25-26H2,1-2H3,(H2,53,59)(H,54,60)(H,56,58,61)/t27-,29?,31?,36?,49-/m0/s1. The van der Waals surface area contributed by atoms with Crippen molar-refractivity contribution in [2.24, 2.45) is 11.7 Å². The van der Waals surface area contributed by atoms with Crippen LogP contribution >= 0.6 is 11.6 Å². The molecule has 4 aliphatic rings. The molecule has 3 atom stereocenters. The van der Waals surface area contributed by atoms with E-state index in [4.69, 9.17) is 26.8 Å². The number of hydrogen-bond acceptors (Lipinski definition) is 8. The highest BCUT2D eigenvalue weighted by atomic mass is 35.5. The normalized spacial score (nSPS) is 22.7. The summed E-state index contributed by atoms with van der Waals surface area (Å²) in [5.74, 6) is -4.15. The molecule has 336 valence electrons. The van der Waals surface area contributed by atoms with Gasteiger partial charge in [-0.3, -0.25) is 29.3 Å². The van der Waals surface area contributed by atoms with Gasteiger partial charge < -0.3 is 30.7 Å². The van der Waals surface area contributed by atoms with Gasteiger partial charge in [0.05, 0.1) is 17.7 Å². The quantitative estimate of drug-likeness (QED) is 0.0717. The number of primary amides is 1. The first-order chi connectivity index (χ1) is 30.8. The Kier molecular flexibility index (Phi) is 13.1. The molecule has 3 heterocycles. The lowest BCUT2D eigenvalue weighted by Gasteiger charge is -2.37. The number of benzene rings is 4. The number of carbonyl (C=O) groups excluding carboxylic acids is 5. The van der Waals surface area contributed by atoms with Gasteiger partial charge in [0.1, 0.15) is 17.6 Å². The number of imide groups is 1. The molecule has 1 unspecified atom stereocenters. The second-order valence-electron chi connectivity index (χ2n) is 17.3. The number of halogens is 3. The Morgan fingerprint density at radius 3 is 2.45 bits per heavy atom. The molecule has 4 aromatic rings. The van der Waals surface area contributed by atoms with Crippen molar-refractivity contribution >= 4 is 41.1 Å². The van der Waals surface area contributed by atoms with Crippen LogP contribution in [0.15, 0.2) is 66.7 Å². The molecule has 12 nitrogen and oxygen atoms in total. The number of nitrogens with two attached hydrogens (primary N) is 1. The van der Waals surface area contributed by atoms with E-state index in [1.54, 1.807) is 11.0 Å². The fourth-order valence-electron chi connectivity index (χ4n) is 10.1. The van der Waals surface area contributed by atoms with Crippen LogP contribution in [0.25, 0.3) is 11.1 Å². The zero-order chi connectivity index (χ0) is 45.3. The molecule has 0 spiro atoms. The van der Waals surface area contributed by atoms with Gasteiger partial charge in [-0.15, -0.1) is 0 Å². The van der Waals surface area contributed by atoms with Gasteiger partial charge in [0.2, 0.25) is 23.6 Å². The Morgan fingerprint density at radius 1 is 0.969 bits per heavy atom. The summed E-state index contributed by atoms with van der Waals surface area (Å²) in [6.45, 7) is 3.13. The Labute approximate surface area is 375 Å². The maximum atomic E-state index is 16.2. The average molecular weight is 896 g/mol. The molecule has 0 radical (unpaired) electrons. The summed E-state index contributed by atoms with van der Waals surface area (Å²) in [7, 11) is 1.29. The third-order valence-corrected chi connectivity index (χ3v) is 14.0. The molecule has 1 saturated carbocycles. The molecule has 1 saturated heterocycles. The molecular weight excluding hydrogens is 844 g/mol. The number of hydrogen-bond donors (Lipinski definition) is 4.